The standard InChI is InChI=1S/C39H52N6O9S/c1-23-30(52-5)16-15-27-31(20-32(41-33(23)27)54-25-13-14-25)53-26-19-29-34(46)42-39(36(48)43-55(50,51)38(2)17-18-38)21-24(39)11-9-7-6-8-10-12-28(35(47)45(29)22-26)40-37(49)44(3)4/h9,11,15-16,20,24-26,28-29H,6-8,10,12-14,17-19,21-22H2,1-5H3,(H,40,49)(H,42,46)(H,43,48)/b11-9-/t24?,26-,28+,29+,39-/m1/s1. The number of urea groups is 1. The molecule has 1 aromatic heterocycles. The largest absolute Gasteiger partial charge is 0.496 e. The summed E-state index contributed by atoms with van der Waals surface area (Å²) >= 11 is 0. The predicted molar refractivity (Wildman–Crippen MR) is 203 cm³/mol. The Kier molecular flexibility index (Phi) is 10.4. The number of nitrogens with zero attached hydrogens (tertiary/aromatic N) is 3. The molecule has 2 aliphatic heterocycles. The summed E-state index contributed by atoms with van der Waals surface area (Å²) < 4.78 is 45.9. The predicted octanol–water partition coefficient (Wildman–Crippen LogP) is 3.47. The Morgan fingerprint density at radius 2 is 1.80 bits per heavy atom. The lowest BCUT2D eigenvalue weighted by Crippen LogP contribution is -2.59. The number of pyridine rings is 1. The number of sulfonamides is 1. The molecule has 7 rings (SSSR count). The molecule has 0 radical (unpaired) electrons. The van der Waals surface area contributed by atoms with Crippen molar-refractivity contribution >= 4 is 44.7 Å². The van der Waals surface area contributed by atoms with E-state index in [1.165, 1.54) is 9.80 Å². The summed E-state index contributed by atoms with van der Waals surface area (Å²) in [6.07, 6.45) is 9.57. The maximum atomic E-state index is 14.5. The third-order valence-corrected chi connectivity index (χ3v) is 13.8. The number of ether oxygens (including phenoxy) is 3. The summed E-state index contributed by atoms with van der Waals surface area (Å²) in [5.74, 6) is -0.753. The van der Waals surface area contributed by atoms with E-state index >= 15 is 0 Å². The zero-order valence-corrected chi connectivity index (χ0v) is 33.0. The summed E-state index contributed by atoms with van der Waals surface area (Å²) in [7, 11) is 0.784. The highest BCUT2D eigenvalue weighted by molar-refractivity contribution is 7.91. The molecule has 3 aliphatic carbocycles. The molecular formula is C39H52N6O9S. The van der Waals surface area contributed by atoms with Crippen molar-refractivity contribution in [3.63, 3.8) is 0 Å². The van der Waals surface area contributed by atoms with Gasteiger partial charge in [-0.15, -0.1) is 0 Å². The molecule has 5 aliphatic rings. The summed E-state index contributed by atoms with van der Waals surface area (Å²) in [5, 5.41) is 6.47. The molecule has 5 amide bonds. The minimum absolute atomic E-state index is 0.0122. The van der Waals surface area contributed by atoms with E-state index in [2.05, 4.69) is 15.4 Å². The lowest BCUT2D eigenvalue weighted by atomic mass is 10.0. The van der Waals surface area contributed by atoms with Gasteiger partial charge in [0.15, 0.2) is 0 Å². The van der Waals surface area contributed by atoms with Crippen LogP contribution in [0.3, 0.4) is 0 Å². The number of amides is 5. The van der Waals surface area contributed by atoms with Crippen LogP contribution in [-0.2, 0) is 24.4 Å². The lowest BCUT2D eigenvalue weighted by molar-refractivity contribution is -0.141. The van der Waals surface area contributed by atoms with Gasteiger partial charge in [-0.05, 0) is 77.3 Å². The molecule has 1 aromatic carbocycles. The highest BCUT2D eigenvalue weighted by atomic mass is 32.2. The van der Waals surface area contributed by atoms with E-state index in [4.69, 9.17) is 19.2 Å². The number of aromatic nitrogens is 1. The number of allylic oxidation sites excluding steroid dienone is 1. The molecule has 1 saturated heterocycles. The molecule has 298 valence electrons. The van der Waals surface area contributed by atoms with Gasteiger partial charge in [-0.3, -0.25) is 19.1 Å². The average molecular weight is 781 g/mol. The van der Waals surface area contributed by atoms with Crippen molar-refractivity contribution in [1.82, 2.24) is 30.1 Å². The van der Waals surface area contributed by atoms with Crippen LogP contribution < -0.4 is 29.6 Å². The maximum Gasteiger partial charge on any atom is 0.317 e. The van der Waals surface area contributed by atoms with E-state index in [-0.39, 0.29) is 25.5 Å². The molecule has 4 fully saturated rings. The smallest absolute Gasteiger partial charge is 0.317 e. The Morgan fingerprint density at radius 3 is 2.49 bits per heavy atom. The first-order valence-electron chi connectivity index (χ1n) is 19.3. The number of fused-ring (bicyclic) bond motifs is 3. The molecule has 3 N–H and O–H groups in total. The van der Waals surface area contributed by atoms with Crippen LogP contribution in [0.4, 0.5) is 4.79 Å². The van der Waals surface area contributed by atoms with Crippen molar-refractivity contribution in [3.8, 4) is 17.4 Å². The highest BCUT2D eigenvalue weighted by Gasteiger charge is 2.63. The van der Waals surface area contributed by atoms with Gasteiger partial charge in [0.1, 0.15) is 41.3 Å². The third kappa shape index (κ3) is 7.92. The molecule has 3 saturated carbocycles. The quantitative estimate of drug-likeness (QED) is 0.319. The first kappa shape index (κ1) is 38.7. The van der Waals surface area contributed by atoms with E-state index in [0.717, 1.165) is 31.2 Å². The van der Waals surface area contributed by atoms with Gasteiger partial charge in [-0.2, -0.15) is 0 Å². The first-order chi connectivity index (χ1) is 26.1. The van der Waals surface area contributed by atoms with Crippen molar-refractivity contribution in [2.45, 2.75) is 119 Å². The Bertz CT molecular complexity index is 2010. The SMILES string of the molecule is COc1ccc2c(O[C@@H]3C[C@H]4C(=O)N[C@]5(C(=O)NS(=O)(=O)C6(C)CC6)CC5/C=C\CCCCC[C@H](NC(=O)N(C)C)C(=O)N4C3)cc(OC3CC3)nc2c1C. The van der Waals surface area contributed by atoms with Gasteiger partial charge in [0.25, 0.3) is 5.91 Å². The second kappa shape index (κ2) is 14.8. The lowest BCUT2D eigenvalue weighted by Gasteiger charge is -2.30. The molecule has 0 bridgehead atoms. The van der Waals surface area contributed by atoms with Crippen LogP contribution in [0.25, 0.3) is 10.9 Å². The molecule has 3 heterocycles. The van der Waals surface area contributed by atoms with Crippen LogP contribution in [0.2, 0.25) is 0 Å². The summed E-state index contributed by atoms with van der Waals surface area (Å²) in [6.45, 7) is 3.51. The van der Waals surface area contributed by atoms with Crippen LogP contribution >= 0.6 is 0 Å². The van der Waals surface area contributed by atoms with Crippen molar-refractivity contribution in [1.29, 1.82) is 0 Å². The van der Waals surface area contributed by atoms with Crippen molar-refractivity contribution in [2.24, 2.45) is 5.92 Å². The number of hydrogen-bond acceptors (Lipinski definition) is 10. The highest BCUT2D eigenvalue weighted by Crippen LogP contribution is 2.48. The van der Waals surface area contributed by atoms with Crippen LogP contribution in [0.15, 0.2) is 30.4 Å². The molecule has 5 atom stereocenters. The minimum atomic E-state index is -3.99. The second-order valence-corrected chi connectivity index (χ2v) is 18.4. The molecule has 1 unspecified atom stereocenters. The Hall–Kier alpha value is -4.60. The molecule has 55 heavy (non-hydrogen) atoms. The fourth-order valence-electron chi connectivity index (χ4n) is 7.50. The molecule has 2 aromatic rings. The molecule has 0 spiro atoms. The van der Waals surface area contributed by atoms with E-state index < -0.39 is 68.2 Å². The average Bonchev–Trinajstić information content (AvgIpc) is 4.09. The van der Waals surface area contributed by atoms with Crippen LogP contribution in [0.1, 0.15) is 83.1 Å². The third-order valence-electron chi connectivity index (χ3n) is 11.6. The Balaban J connectivity index is 1.22. The zero-order valence-electron chi connectivity index (χ0n) is 32.2. The monoisotopic (exact) mass is 780 g/mol. The van der Waals surface area contributed by atoms with Crippen molar-refractivity contribution in [2.75, 3.05) is 27.7 Å². The van der Waals surface area contributed by atoms with Gasteiger partial charge in [0, 0.05) is 43.5 Å². The summed E-state index contributed by atoms with van der Waals surface area (Å²) in [6, 6.07) is 2.96. The van der Waals surface area contributed by atoms with Gasteiger partial charge in [0.05, 0.1) is 23.9 Å². The zero-order chi connectivity index (χ0) is 39.3. The number of benzene rings is 1. The van der Waals surface area contributed by atoms with E-state index in [0.29, 0.717) is 60.4 Å². The topological polar surface area (TPSA) is 186 Å². The number of carbonyl (C=O) groups is 4. The normalized spacial score (nSPS) is 28.3. The van der Waals surface area contributed by atoms with Crippen LogP contribution in [0, 0.1) is 12.8 Å². The number of carbonyl (C=O) groups excluding carboxylic acids is 4. The Labute approximate surface area is 321 Å². The molecule has 16 heteroatoms. The Morgan fingerprint density at radius 1 is 1.04 bits per heavy atom. The first-order valence-corrected chi connectivity index (χ1v) is 20.8. The maximum absolute atomic E-state index is 14.5. The molecular weight excluding hydrogens is 729 g/mol. The summed E-state index contributed by atoms with van der Waals surface area (Å²) in [5.41, 5.74) is -0.0736. The number of rotatable bonds is 9. The van der Waals surface area contributed by atoms with Gasteiger partial charge in [0.2, 0.25) is 27.7 Å². The number of nitrogens with one attached hydrogen (secondary N) is 3. The number of methoxy groups -OCH3 is 1. The fourth-order valence-corrected chi connectivity index (χ4v) is 8.81. The molecule has 15 nitrogen and oxygen atoms in total. The van der Waals surface area contributed by atoms with Crippen LogP contribution in [0.5, 0.6) is 17.4 Å². The number of hydrogen-bond donors (Lipinski definition) is 3. The minimum Gasteiger partial charge on any atom is -0.496 e. The summed E-state index contributed by atoms with van der Waals surface area (Å²) in [4.78, 5) is 63.4. The van der Waals surface area contributed by atoms with Crippen molar-refractivity contribution in [3.05, 3.63) is 35.9 Å². The van der Waals surface area contributed by atoms with Crippen molar-refractivity contribution < 1.29 is 41.8 Å². The van der Waals surface area contributed by atoms with Gasteiger partial charge < -0.3 is 34.6 Å². The van der Waals surface area contributed by atoms with Crippen LogP contribution in [-0.4, -0.2) is 109 Å². The van der Waals surface area contributed by atoms with Gasteiger partial charge >= 0.3 is 6.03 Å². The number of aryl methyl sites for hydroxylation is 1. The van der Waals surface area contributed by atoms with Gasteiger partial charge in [-0.25, -0.2) is 18.2 Å². The van der Waals surface area contributed by atoms with Gasteiger partial charge in [-0.1, -0.05) is 25.0 Å². The fraction of sp³-hybridized carbons (Fsp3) is 0.615. The second-order valence-electron chi connectivity index (χ2n) is 16.2. The van der Waals surface area contributed by atoms with E-state index in [1.54, 1.807) is 34.2 Å². The van der Waals surface area contributed by atoms with E-state index in [1.807, 2.05) is 31.2 Å². The van der Waals surface area contributed by atoms with E-state index in [9.17, 15) is 27.6 Å².